The van der Waals surface area contributed by atoms with Gasteiger partial charge >= 0.3 is 0 Å². The van der Waals surface area contributed by atoms with Gasteiger partial charge in [0.25, 0.3) is 0 Å². The number of rotatable bonds is 8. The SMILES string of the molecule is O=C(CCc1ccc(O)c(O)c1)C[C@@H](O)CCc1ccc(O)c(O)c1. The lowest BCUT2D eigenvalue weighted by molar-refractivity contribution is -0.121. The van der Waals surface area contributed by atoms with Crippen molar-refractivity contribution < 1.29 is 30.3 Å². The van der Waals surface area contributed by atoms with Crippen LogP contribution >= 0.6 is 0 Å². The zero-order valence-electron chi connectivity index (χ0n) is 13.7. The van der Waals surface area contributed by atoms with E-state index in [0.29, 0.717) is 19.3 Å². The lowest BCUT2D eigenvalue weighted by Crippen LogP contribution is -2.14. The smallest absolute Gasteiger partial charge is 0.157 e. The van der Waals surface area contributed by atoms with Crippen LogP contribution in [0.1, 0.15) is 30.4 Å². The molecular weight excluding hydrogens is 324 g/mol. The van der Waals surface area contributed by atoms with E-state index in [-0.39, 0.29) is 41.6 Å². The molecule has 0 aliphatic rings. The van der Waals surface area contributed by atoms with Crippen molar-refractivity contribution in [3.8, 4) is 23.0 Å². The number of hydrogen-bond acceptors (Lipinski definition) is 6. The molecule has 0 aromatic heterocycles. The fourth-order valence-electron chi connectivity index (χ4n) is 2.53. The first kappa shape index (κ1) is 18.6. The molecule has 0 aliphatic heterocycles. The summed E-state index contributed by atoms with van der Waals surface area (Å²) in [7, 11) is 0. The topological polar surface area (TPSA) is 118 Å². The molecule has 0 bridgehead atoms. The van der Waals surface area contributed by atoms with Gasteiger partial charge in [-0.1, -0.05) is 12.1 Å². The predicted molar refractivity (Wildman–Crippen MR) is 91.8 cm³/mol. The Morgan fingerprint density at radius 1 is 0.800 bits per heavy atom. The monoisotopic (exact) mass is 346 g/mol. The van der Waals surface area contributed by atoms with Gasteiger partial charge in [0.1, 0.15) is 5.78 Å². The minimum absolute atomic E-state index is 0.0358. The molecule has 134 valence electrons. The number of benzene rings is 2. The highest BCUT2D eigenvalue weighted by molar-refractivity contribution is 5.79. The van der Waals surface area contributed by atoms with Crippen molar-refractivity contribution in [1.82, 2.24) is 0 Å². The number of aromatic hydroxyl groups is 4. The van der Waals surface area contributed by atoms with Crippen molar-refractivity contribution in [2.45, 2.75) is 38.2 Å². The number of aryl methyl sites for hydroxylation is 2. The molecule has 2 aromatic rings. The molecule has 0 aliphatic carbocycles. The van der Waals surface area contributed by atoms with Crippen molar-refractivity contribution in [2.24, 2.45) is 0 Å². The van der Waals surface area contributed by atoms with E-state index in [9.17, 15) is 30.3 Å². The number of phenolic OH excluding ortho intramolecular Hbond substituents is 4. The quantitative estimate of drug-likeness (QED) is 0.468. The number of aliphatic hydroxyl groups excluding tert-OH is 1. The average Bonchev–Trinajstić information content (AvgIpc) is 2.57. The van der Waals surface area contributed by atoms with Crippen LogP contribution in [0, 0.1) is 0 Å². The first-order valence-corrected chi connectivity index (χ1v) is 8.06. The van der Waals surface area contributed by atoms with E-state index in [0.717, 1.165) is 11.1 Å². The Bertz CT molecular complexity index is 741. The van der Waals surface area contributed by atoms with Gasteiger partial charge in [-0.05, 0) is 54.7 Å². The van der Waals surface area contributed by atoms with Gasteiger partial charge in [-0.3, -0.25) is 4.79 Å². The highest BCUT2D eigenvalue weighted by atomic mass is 16.3. The number of carbonyl (C=O) groups is 1. The Morgan fingerprint density at radius 2 is 1.32 bits per heavy atom. The summed E-state index contributed by atoms with van der Waals surface area (Å²) in [4.78, 5) is 11.9. The lowest BCUT2D eigenvalue weighted by atomic mass is 10.00. The van der Waals surface area contributed by atoms with Gasteiger partial charge in [0.05, 0.1) is 6.10 Å². The largest absolute Gasteiger partial charge is 0.504 e. The molecule has 25 heavy (non-hydrogen) atoms. The molecule has 0 heterocycles. The maximum Gasteiger partial charge on any atom is 0.157 e. The van der Waals surface area contributed by atoms with E-state index >= 15 is 0 Å². The molecule has 0 fully saturated rings. The van der Waals surface area contributed by atoms with Crippen LogP contribution in [0.4, 0.5) is 0 Å². The fraction of sp³-hybridized carbons (Fsp3) is 0.316. The van der Waals surface area contributed by atoms with E-state index in [1.165, 1.54) is 24.3 Å². The third-order valence-corrected chi connectivity index (χ3v) is 4.00. The van der Waals surface area contributed by atoms with Crippen LogP contribution in [0.5, 0.6) is 23.0 Å². The van der Waals surface area contributed by atoms with Gasteiger partial charge < -0.3 is 25.5 Å². The summed E-state index contributed by atoms with van der Waals surface area (Å²) in [5.41, 5.74) is 1.50. The van der Waals surface area contributed by atoms with Crippen molar-refractivity contribution in [3.05, 3.63) is 47.5 Å². The van der Waals surface area contributed by atoms with Gasteiger partial charge in [-0.25, -0.2) is 0 Å². The van der Waals surface area contributed by atoms with Gasteiger partial charge in [-0.2, -0.15) is 0 Å². The molecular formula is C19H22O6. The Morgan fingerprint density at radius 3 is 1.84 bits per heavy atom. The second-order valence-corrected chi connectivity index (χ2v) is 6.08. The van der Waals surface area contributed by atoms with Crippen LogP contribution in [0.3, 0.4) is 0 Å². The molecule has 0 spiro atoms. The second-order valence-electron chi connectivity index (χ2n) is 6.08. The predicted octanol–water partition coefficient (Wildman–Crippen LogP) is 2.39. The molecule has 0 radical (unpaired) electrons. The van der Waals surface area contributed by atoms with Gasteiger partial charge in [0, 0.05) is 12.8 Å². The molecule has 6 nitrogen and oxygen atoms in total. The summed E-state index contributed by atoms with van der Waals surface area (Å²) in [5, 5.41) is 47.3. The number of Topliss-reactive ketones (excluding diaryl/α,β-unsaturated/α-hetero) is 1. The molecule has 2 rings (SSSR count). The summed E-state index contributed by atoms with van der Waals surface area (Å²) in [5.74, 6) is -0.915. The van der Waals surface area contributed by atoms with E-state index in [4.69, 9.17) is 0 Å². The molecule has 0 saturated heterocycles. The van der Waals surface area contributed by atoms with Crippen LogP contribution < -0.4 is 0 Å². The number of ketones is 1. The molecule has 0 saturated carbocycles. The first-order chi connectivity index (χ1) is 11.8. The highest BCUT2D eigenvalue weighted by Crippen LogP contribution is 2.26. The summed E-state index contributed by atoms with van der Waals surface area (Å²) in [6.45, 7) is 0. The fourth-order valence-corrected chi connectivity index (χ4v) is 2.53. The number of carbonyl (C=O) groups excluding carboxylic acids is 1. The maximum absolute atomic E-state index is 11.9. The van der Waals surface area contributed by atoms with Crippen molar-refractivity contribution in [3.63, 3.8) is 0 Å². The normalized spacial score (nSPS) is 12.0. The minimum Gasteiger partial charge on any atom is -0.504 e. The molecule has 6 heteroatoms. The Balaban J connectivity index is 1.75. The molecule has 5 N–H and O–H groups in total. The van der Waals surface area contributed by atoms with Crippen molar-refractivity contribution in [2.75, 3.05) is 0 Å². The summed E-state index contributed by atoms with van der Waals surface area (Å²) in [6, 6.07) is 8.89. The maximum atomic E-state index is 11.9. The molecule has 1 atom stereocenters. The zero-order chi connectivity index (χ0) is 18.4. The third kappa shape index (κ3) is 5.69. The van der Waals surface area contributed by atoms with Gasteiger partial charge in [-0.15, -0.1) is 0 Å². The zero-order valence-corrected chi connectivity index (χ0v) is 13.7. The first-order valence-electron chi connectivity index (χ1n) is 8.06. The standard InChI is InChI=1S/C19H22O6/c20-14(5-1-12-3-7-16(22)18(24)9-12)11-15(21)6-2-13-4-8-17(23)19(25)10-13/h3-4,7-10,14,20,22-25H,1-2,5-6,11H2/t14-/m0/s1. The van der Waals surface area contributed by atoms with Crippen LogP contribution in [-0.2, 0) is 17.6 Å². The van der Waals surface area contributed by atoms with Crippen LogP contribution in [0.15, 0.2) is 36.4 Å². The number of aliphatic hydroxyl groups is 1. The van der Waals surface area contributed by atoms with E-state index < -0.39 is 6.10 Å². The number of phenols is 4. The third-order valence-electron chi connectivity index (χ3n) is 4.00. The molecule has 0 amide bonds. The minimum atomic E-state index is -0.781. The van der Waals surface area contributed by atoms with Gasteiger partial charge in [0.15, 0.2) is 23.0 Å². The highest BCUT2D eigenvalue weighted by Gasteiger charge is 2.12. The van der Waals surface area contributed by atoms with E-state index in [1.807, 2.05) is 0 Å². The van der Waals surface area contributed by atoms with Crippen molar-refractivity contribution >= 4 is 5.78 Å². The Hall–Kier alpha value is -2.73. The van der Waals surface area contributed by atoms with E-state index in [2.05, 4.69) is 0 Å². The van der Waals surface area contributed by atoms with Crippen LogP contribution in [-0.4, -0.2) is 37.4 Å². The molecule has 2 aromatic carbocycles. The number of hydrogen-bond donors (Lipinski definition) is 5. The summed E-state index contributed by atoms with van der Waals surface area (Å²) >= 11 is 0. The van der Waals surface area contributed by atoms with E-state index in [1.54, 1.807) is 12.1 Å². The van der Waals surface area contributed by atoms with Crippen LogP contribution in [0.25, 0.3) is 0 Å². The Kier molecular flexibility index (Phi) is 6.25. The van der Waals surface area contributed by atoms with Crippen molar-refractivity contribution in [1.29, 1.82) is 0 Å². The Labute approximate surface area is 145 Å². The second kappa shape index (κ2) is 8.39. The summed E-state index contributed by atoms with van der Waals surface area (Å²) in [6.07, 6.45) is 0.765. The average molecular weight is 346 g/mol. The summed E-state index contributed by atoms with van der Waals surface area (Å²) < 4.78 is 0. The lowest BCUT2D eigenvalue weighted by Gasteiger charge is -2.10. The van der Waals surface area contributed by atoms with Crippen LogP contribution in [0.2, 0.25) is 0 Å². The molecule has 0 unspecified atom stereocenters. The van der Waals surface area contributed by atoms with Gasteiger partial charge in [0.2, 0.25) is 0 Å².